The predicted molar refractivity (Wildman–Crippen MR) is 56.1 cm³/mol. The topological polar surface area (TPSA) is 58.1 Å². The van der Waals surface area contributed by atoms with Gasteiger partial charge in [-0.25, -0.2) is 0 Å². The molecule has 0 aliphatic rings. The zero-order chi connectivity index (χ0) is 10.7. The Morgan fingerprint density at radius 3 is 3.00 bits per heavy atom. The van der Waals surface area contributed by atoms with Crippen LogP contribution in [0.3, 0.4) is 0 Å². The molecule has 0 spiro atoms. The van der Waals surface area contributed by atoms with Crippen LogP contribution in [-0.2, 0) is 6.42 Å². The molecule has 0 unspecified atom stereocenters. The number of hydrogen-bond donors (Lipinski definition) is 2. The van der Waals surface area contributed by atoms with Crippen molar-refractivity contribution in [2.24, 2.45) is 0 Å². The maximum absolute atomic E-state index is 9.30. The number of nitrogens with zero attached hydrogens (tertiary/aromatic N) is 1. The van der Waals surface area contributed by atoms with Crippen molar-refractivity contribution in [3.05, 3.63) is 41.7 Å². The van der Waals surface area contributed by atoms with Crippen LogP contribution in [0.1, 0.15) is 11.1 Å². The second kappa shape index (κ2) is 4.04. The Morgan fingerprint density at radius 1 is 1.47 bits per heavy atom. The fraction of sp³-hybridized carbons (Fsp3) is 0.182. The van der Waals surface area contributed by atoms with Gasteiger partial charge in [-0.1, -0.05) is 6.07 Å². The first-order valence-corrected chi connectivity index (χ1v) is 4.63. The van der Waals surface area contributed by atoms with Gasteiger partial charge in [0, 0.05) is 18.7 Å². The fourth-order valence-corrected chi connectivity index (χ4v) is 1.47. The van der Waals surface area contributed by atoms with E-state index >= 15 is 0 Å². The van der Waals surface area contributed by atoms with E-state index in [1.165, 1.54) is 0 Å². The first-order valence-electron chi connectivity index (χ1n) is 4.63. The van der Waals surface area contributed by atoms with Gasteiger partial charge in [0.2, 0.25) is 0 Å². The lowest BCUT2D eigenvalue weighted by molar-refractivity contribution is 0.403. The van der Waals surface area contributed by atoms with Crippen LogP contribution in [-0.4, -0.2) is 22.4 Å². The Kier molecular flexibility index (Phi) is 2.58. The number of aromatic amines is 1. The van der Waals surface area contributed by atoms with Gasteiger partial charge in [-0.15, -0.1) is 0 Å². The second-order valence-corrected chi connectivity index (χ2v) is 3.28. The van der Waals surface area contributed by atoms with E-state index in [2.05, 4.69) is 10.2 Å². The van der Waals surface area contributed by atoms with Crippen molar-refractivity contribution in [2.75, 3.05) is 7.11 Å². The van der Waals surface area contributed by atoms with Crippen molar-refractivity contribution in [2.45, 2.75) is 6.42 Å². The SMILES string of the molecule is COc1cc(O)ccc1Cc1cn[nH]c1. The quantitative estimate of drug-likeness (QED) is 0.800. The maximum Gasteiger partial charge on any atom is 0.126 e. The summed E-state index contributed by atoms with van der Waals surface area (Å²) in [6, 6.07) is 5.11. The van der Waals surface area contributed by atoms with Gasteiger partial charge in [0.25, 0.3) is 0 Å². The summed E-state index contributed by atoms with van der Waals surface area (Å²) in [5, 5.41) is 15.9. The van der Waals surface area contributed by atoms with E-state index in [4.69, 9.17) is 4.74 Å². The van der Waals surface area contributed by atoms with E-state index in [1.54, 1.807) is 25.4 Å². The Morgan fingerprint density at radius 2 is 2.33 bits per heavy atom. The van der Waals surface area contributed by atoms with Crippen molar-refractivity contribution in [3.63, 3.8) is 0 Å². The normalized spacial score (nSPS) is 10.2. The number of ether oxygens (including phenoxy) is 1. The van der Waals surface area contributed by atoms with Crippen molar-refractivity contribution >= 4 is 0 Å². The summed E-state index contributed by atoms with van der Waals surface area (Å²) in [6.45, 7) is 0. The molecule has 0 radical (unpaired) electrons. The summed E-state index contributed by atoms with van der Waals surface area (Å²) in [7, 11) is 1.59. The first kappa shape index (κ1) is 9.58. The van der Waals surface area contributed by atoms with Crippen molar-refractivity contribution in [3.8, 4) is 11.5 Å². The third kappa shape index (κ3) is 2.10. The van der Waals surface area contributed by atoms with Crippen molar-refractivity contribution in [1.82, 2.24) is 10.2 Å². The number of aromatic hydroxyl groups is 1. The maximum atomic E-state index is 9.30. The summed E-state index contributed by atoms with van der Waals surface area (Å²) >= 11 is 0. The lowest BCUT2D eigenvalue weighted by Crippen LogP contribution is -1.92. The first-order chi connectivity index (χ1) is 7.29. The minimum Gasteiger partial charge on any atom is -0.508 e. The van der Waals surface area contributed by atoms with E-state index in [0.717, 1.165) is 17.5 Å². The number of nitrogens with one attached hydrogen (secondary N) is 1. The zero-order valence-electron chi connectivity index (χ0n) is 8.40. The lowest BCUT2D eigenvalue weighted by atomic mass is 10.1. The molecule has 0 atom stereocenters. The zero-order valence-corrected chi connectivity index (χ0v) is 8.40. The highest BCUT2D eigenvalue weighted by atomic mass is 16.5. The molecule has 15 heavy (non-hydrogen) atoms. The highest BCUT2D eigenvalue weighted by molar-refractivity contribution is 5.42. The van der Waals surface area contributed by atoms with Crippen LogP contribution in [0.25, 0.3) is 0 Å². The van der Waals surface area contributed by atoms with Gasteiger partial charge >= 0.3 is 0 Å². The summed E-state index contributed by atoms with van der Waals surface area (Å²) in [5.41, 5.74) is 2.11. The molecular weight excluding hydrogens is 192 g/mol. The number of methoxy groups -OCH3 is 1. The van der Waals surface area contributed by atoms with Gasteiger partial charge in [0.1, 0.15) is 11.5 Å². The molecular formula is C11H12N2O2. The summed E-state index contributed by atoms with van der Waals surface area (Å²) in [5.74, 6) is 0.902. The van der Waals surface area contributed by atoms with Gasteiger partial charge in [0.15, 0.2) is 0 Å². The third-order valence-corrected chi connectivity index (χ3v) is 2.22. The molecule has 2 N–H and O–H groups in total. The van der Waals surface area contributed by atoms with Gasteiger partial charge in [-0.2, -0.15) is 5.10 Å². The Labute approximate surface area is 87.5 Å². The van der Waals surface area contributed by atoms with E-state index in [9.17, 15) is 5.11 Å². The van der Waals surface area contributed by atoms with Crippen molar-refractivity contribution < 1.29 is 9.84 Å². The Bertz CT molecular complexity index is 438. The largest absolute Gasteiger partial charge is 0.508 e. The van der Waals surface area contributed by atoms with Crippen LogP contribution in [0.4, 0.5) is 0 Å². The number of hydrogen-bond acceptors (Lipinski definition) is 3. The molecule has 1 aromatic heterocycles. The van der Waals surface area contributed by atoms with Crippen LogP contribution < -0.4 is 4.74 Å². The van der Waals surface area contributed by atoms with Gasteiger partial charge in [0.05, 0.1) is 13.3 Å². The summed E-state index contributed by atoms with van der Waals surface area (Å²) in [4.78, 5) is 0. The van der Waals surface area contributed by atoms with Crippen LogP contribution in [0.5, 0.6) is 11.5 Å². The van der Waals surface area contributed by atoms with Gasteiger partial charge in [-0.3, -0.25) is 5.10 Å². The molecule has 0 fully saturated rings. The molecule has 4 nitrogen and oxygen atoms in total. The predicted octanol–water partition coefficient (Wildman–Crippen LogP) is 1.71. The van der Waals surface area contributed by atoms with Crippen LogP contribution in [0.2, 0.25) is 0 Å². The summed E-state index contributed by atoms with van der Waals surface area (Å²) < 4.78 is 5.18. The van der Waals surface area contributed by atoms with E-state index in [-0.39, 0.29) is 5.75 Å². The molecule has 4 heteroatoms. The molecule has 0 saturated carbocycles. The van der Waals surface area contributed by atoms with E-state index in [1.807, 2.05) is 12.3 Å². The number of H-pyrrole nitrogens is 1. The third-order valence-electron chi connectivity index (χ3n) is 2.22. The van der Waals surface area contributed by atoms with Crippen molar-refractivity contribution in [1.29, 1.82) is 0 Å². The molecule has 2 aromatic rings. The Balaban J connectivity index is 2.28. The molecule has 0 aliphatic carbocycles. The molecule has 78 valence electrons. The average molecular weight is 204 g/mol. The van der Waals surface area contributed by atoms with E-state index in [0.29, 0.717) is 5.75 Å². The molecule has 0 bridgehead atoms. The molecule has 0 saturated heterocycles. The highest BCUT2D eigenvalue weighted by Gasteiger charge is 2.05. The monoisotopic (exact) mass is 204 g/mol. The van der Waals surface area contributed by atoms with Crippen LogP contribution >= 0.6 is 0 Å². The smallest absolute Gasteiger partial charge is 0.126 e. The molecule has 0 amide bonds. The van der Waals surface area contributed by atoms with Gasteiger partial charge in [-0.05, 0) is 17.2 Å². The number of benzene rings is 1. The minimum absolute atomic E-state index is 0.211. The highest BCUT2D eigenvalue weighted by Crippen LogP contribution is 2.25. The number of phenols is 1. The second-order valence-electron chi connectivity index (χ2n) is 3.28. The number of aromatic nitrogens is 2. The summed E-state index contributed by atoms with van der Waals surface area (Å²) in [6.07, 6.45) is 4.35. The van der Waals surface area contributed by atoms with Gasteiger partial charge < -0.3 is 9.84 Å². The number of rotatable bonds is 3. The van der Waals surface area contributed by atoms with Crippen LogP contribution in [0, 0.1) is 0 Å². The van der Waals surface area contributed by atoms with E-state index < -0.39 is 0 Å². The molecule has 2 rings (SSSR count). The standard InChI is InChI=1S/C11H12N2O2/c1-15-11-5-10(14)3-2-9(11)4-8-6-12-13-7-8/h2-3,5-7,14H,4H2,1H3,(H,12,13). The van der Waals surface area contributed by atoms with Crippen LogP contribution in [0.15, 0.2) is 30.6 Å². The molecule has 0 aliphatic heterocycles. The fourth-order valence-electron chi connectivity index (χ4n) is 1.47. The minimum atomic E-state index is 0.211. The molecule has 1 aromatic carbocycles. The molecule has 1 heterocycles. The average Bonchev–Trinajstić information content (AvgIpc) is 2.73. The number of phenolic OH excluding ortho intramolecular Hbond substituents is 1. The lowest BCUT2D eigenvalue weighted by Gasteiger charge is -2.07. The Hall–Kier alpha value is -1.97.